The molecule has 2 aromatic rings. The number of aliphatic imine (C=N–C) groups is 1. The summed E-state index contributed by atoms with van der Waals surface area (Å²) in [5.41, 5.74) is 9.22. The number of fused-ring (bicyclic) bond motifs is 1. The molecule has 0 aliphatic carbocycles. The molecule has 3 rings (SSSR count). The van der Waals surface area contributed by atoms with Gasteiger partial charge in [-0.1, -0.05) is 19.1 Å². The van der Waals surface area contributed by atoms with Gasteiger partial charge in [0.05, 0.1) is 12.2 Å². The van der Waals surface area contributed by atoms with Crippen molar-refractivity contribution in [3.8, 4) is 0 Å². The van der Waals surface area contributed by atoms with Gasteiger partial charge in [0.2, 0.25) is 0 Å². The minimum absolute atomic E-state index is 0. The van der Waals surface area contributed by atoms with E-state index in [-0.39, 0.29) is 24.0 Å². The monoisotopic (exact) mass is 425 g/mol. The van der Waals surface area contributed by atoms with Crippen LogP contribution in [0.3, 0.4) is 0 Å². The molecule has 1 aliphatic rings. The lowest BCUT2D eigenvalue weighted by atomic mass is 10.1. The number of rotatable bonds is 4. The maximum atomic E-state index is 5.97. The van der Waals surface area contributed by atoms with Crippen molar-refractivity contribution in [2.75, 3.05) is 5.32 Å². The van der Waals surface area contributed by atoms with Crippen LogP contribution in [-0.2, 0) is 25.9 Å². The molecule has 0 saturated heterocycles. The molecule has 0 amide bonds. The molecule has 0 unspecified atom stereocenters. The van der Waals surface area contributed by atoms with Crippen molar-refractivity contribution in [2.45, 2.75) is 45.7 Å². The fourth-order valence-corrected chi connectivity index (χ4v) is 2.77. The second-order valence-electron chi connectivity index (χ2n) is 5.68. The number of guanidine groups is 1. The third kappa shape index (κ3) is 4.70. The Bertz CT molecular complexity index is 654. The summed E-state index contributed by atoms with van der Waals surface area (Å²) in [7, 11) is 0. The maximum Gasteiger partial charge on any atom is 0.193 e. The maximum absolute atomic E-state index is 5.97. The molecule has 0 fully saturated rings. The lowest BCUT2D eigenvalue weighted by Gasteiger charge is -2.11. The summed E-state index contributed by atoms with van der Waals surface area (Å²) < 4.78 is 2.24. The molecule has 5 nitrogen and oxygen atoms in total. The van der Waals surface area contributed by atoms with Gasteiger partial charge in [0.15, 0.2) is 5.96 Å². The van der Waals surface area contributed by atoms with Crippen molar-refractivity contribution < 1.29 is 0 Å². The summed E-state index contributed by atoms with van der Waals surface area (Å²) in [6.45, 7) is 3.73. The number of imidazole rings is 1. The van der Waals surface area contributed by atoms with E-state index in [1.165, 1.54) is 24.2 Å². The number of nitrogens with zero attached hydrogens (tertiary/aromatic N) is 3. The van der Waals surface area contributed by atoms with E-state index in [9.17, 15) is 0 Å². The molecule has 0 saturated carbocycles. The number of benzene rings is 1. The summed E-state index contributed by atoms with van der Waals surface area (Å²) in [6, 6.07) is 8.22. The van der Waals surface area contributed by atoms with Crippen molar-refractivity contribution in [1.29, 1.82) is 0 Å². The number of aromatic nitrogens is 2. The Morgan fingerprint density at radius 1 is 1.39 bits per heavy atom. The molecule has 2 heterocycles. The number of hydrogen-bond donors (Lipinski definition) is 2. The Balaban J connectivity index is 0.00000192. The van der Waals surface area contributed by atoms with Gasteiger partial charge in [0.1, 0.15) is 5.82 Å². The minimum Gasteiger partial charge on any atom is -0.370 e. The Hall–Kier alpha value is -1.57. The first kappa shape index (κ1) is 17.8. The summed E-state index contributed by atoms with van der Waals surface area (Å²) in [5.74, 6) is 1.61. The lowest BCUT2D eigenvalue weighted by Crippen LogP contribution is -2.22. The van der Waals surface area contributed by atoms with Crippen LogP contribution in [0.2, 0.25) is 0 Å². The number of nitrogens with one attached hydrogen (secondary N) is 1. The normalized spacial score (nSPS) is 14.0. The molecular formula is C17H24IN5. The van der Waals surface area contributed by atoms with Crippen LogP contribution < -0.4 is 11.1 Å². The van der Waals surface area contributed by atoms with Crippen molar-refractivity contribution in [1.82, 2.24) is 9.55 Å². The number of nitrogens with two attached hydrogens (primary N) is 1. The zero-order chi connectivity index (χ0) is 15.4. The first-order chi connectivity index (χ1) is 10.7. The molecule has 3 N–H and O–H groups in total. The highest BCUT2D eigenvalue weighted by Gasteiger charge is 2.11. The van der Waals surface area contributed by atoms with Crippen LogP contribution in [0.15, 0.2) is 35.5 Å². The van der Waals surface area contributed by atoms with E-state index < -0.39 is 0 Å². The van der Waals surface area contributed by atoms with Gasteiger partial charge in [-0.15, -0.1) is 24.0 Å². The predicted molar refractivity (Wildman–Crippen MR) is 105 cm³/mol. The van der Waals surface area contributed by atoms with Crippen LogP contribution in [0, 0.1) is 0 Å². The van der Waals surface area contributed by atoms with E-state index in [2.05, 4.69) is 45.1 Å². The van der Waals surface area contributed by atoms with Crippen molar-refractivity contribution in [3.63, 3.8) is 0 Å². The Morgan fingerprint density at radius 2 is 2.26 bits per heavy atom. The largest absolute Gasteiger partial charge is 0.370 e. The topological polar surface area (TPSA) is 68.2 Å². The average Bonchev–Trinajstić information content (AvgIpc) is 2.96. The number of aryl methyl sites for hydroxylation is 3. The Labute approximate surface area is 154 Å². The Kier molecular flexibility index (Phi) is 6.44. The van der Waals surface area contributed by atoms with Gasteiger partial charge in [-0.3, -0.25) is 0 Å². The molecule has 1 aromatic heterocycles. The first-order valence-corrected chi connectivity index (χ1v) is 7.95. The number of halogens is 1. The van der Waals surface area contributed by atoms with Gasteiger partial charge in [0, 0.05) is 24.8 Å². The second kappa shape index (κ2) is 8.33. The molecule has 0 spiro atoms. The molecule has 124 valence electrons. The van der Waals surface area contributed by atoms with Gasteiger partial charge in [0.25, 0.3) is 0 Å². The summed E-state index contributed by atoms with van der Waals surface area (Å²) >= 11 is 0. The third-order valence-corrected chi connectivity index (χ3v) is 3.98. The molecule has 6 heteroatoms. The smallest absolute Gasteiger partial charge is 0.193 e. The molecule has 23 heavy (non-hydrogen) atoms. The van der Waals surface area contributed by atoms with Gasteiger partial charge >= 0.3 is 0 Å². The molecular weight excluding hydrogens is 401 g/mol. The van der Waals surface area contributed by atoms with Crippen LogP contribution in [0.4, 0.5) is 5.69 Å². The molecule has 1 aromatic carbocycles. The van der Waals surface area contributed by atoms with Crippen molar-refractivity contribution >= 4 is 35.6 Å². The Morgan fingerprint density at radius 3 is 3.04 bits per heavy atom. The van der Waals surface area contributed by atoms with Gasteiger partial charge in [-0.05, 0) is 37.0 Å². The molecule has 0 bridgehead atoms. The highest BCUT2D eigenvalue weighted by atomic mass is 127. The standard InChI is InChI=1S/C17H23N5.HI/c1-2-13-6-5-7-14(10-13)21-17(18)19-11-15-12-22-9-4-3-8-16(22)20-15;/h5-7,10,12H,2-4,8-9,11H2,1H3,(H3,18,19,21);1H. The highest BCUT2D eigenvalue weighted by molar-refractivity contribution is 14.0. The predicted octanol–water partition coefficient (Wildman–Crippen LogP) is 3.33. The van der Waals surface area contributed by atoms with Crippen molar-refractivity contribution in [2.24, 2.45) is 10.7 Å². The quantitative estimate of drug-likeness (QED) is 0.449. The van der Waals surface area contributed by atoms with Crippen molar-refractivity contribution in [3.05, 3.63) is 47.5 Å². The summed E-state index contributed by atoms with van der Waals surface area (Å²) in [4.78, 5) is 9.03. The first-order valence-electron chi connectivity index (χ1n) is 7.95. The van der Waals surface area contributed by atoms with E-state index in [4.69, 9.17) is 5.73 Å². The van der Waals surface area contributed by atoms with E-state index >= 15 is 0 Å². The lowest BCUT2D eigenvalue weighted by molar-refractivity contribution is 0.522. The van der Waals surface area contributed by atoms with Crippen LogP contribution in [0.1, 0.15) is 36.8 Å². The third-order valence-electron chi connectivity index (χ3n) is 3.98. The van der Waals surface area contributed by atoms with Crippen LogP contribution in [-0.4, -0.2) is 15.5 Å². The van der Waals surface area contributed by atoms with Crippen LogP contribution >= 0.6 is 24.0 Å². The average molecular weight is 425 g/mol. The SMILES string of the molecule is CCc1cccc(NC(N)=NCc2cn3c(n2)CCCC3)c1.I. The zero-order valence-corrected chi connectivity index (χ0v) is 15.8. The number of hydrogen-bond acceptors (Lipinski definition) is 2. The van der Waals surface area contributed by atoms with E-state index in [0.29, 0.717) is 12.5 Å². The molecule has 0 atom stereocenters. The van der Waals surface area contributed by atoms with Gasteiger partial charge in [-0.25, -0.2) is 9.98 Å². The van der Waals surface area contributed by atoms with Crippen LogP contribution in [0.25, 0.3) is 0 Å². The minimum atomic E-state index is 0. The fraction of sp³-hybridized carbons (Fsp3) is 0.412. The van der Waals surface area contributed by atoms with E-state index in [0.717, 1.165) is 30.8 Å². The summed E-state index contributed by atoms with van der Waals surface area (Å²) in [5, 5.41) is 3.14. The number of anilines is 1. The molecule has 0 radical (unpaired) electrons. The molecule has 1 aliphatic heterocycles. The summed E-state index contributed by atoms with van der Waals surface area (Å²) in [6.07, 6.45) is 6.65. The van der Waals surface area contributed by atoms with E-state index in [1.807, 2.05) is 12.1 Å². The second-order valence-corrected chi connectivity index (χ2v) is 5.68. The van der Waals surface area contributed by atoms with Gasteiger partial charge < -0.3 is 15.6 Å². The van der Waals surface area contributed by atoms with Gasteiger partial charge in [-0.2, -0.15) is 0 Å². The fourth-order valence-electron chi connectivity index (χ4n) is 2.77. The van der Waals surface area contributed by atoms with Crippen LogP contribution in [0.5, 0.6) is 0 Å². The highest BCUT2D eigenvalue weighted by Crippen LogP contribution is 2.15. The zero-order valence-electron chi connectivity index (χ0n) is 13.5. The van der Waals surface area contributed by atoms with E-state index in [1.54, 1.807) is 0 Å².